The molecule has 0 aliphatic heterocycles. The third-order valence-corrected chi connectivity index (χ3v) is 6.75. The standard InChI is InChI=1S/C20H22F3N7O2S/c1-5-33(31,32)19-15(17-24-7-6-14(30(17)28-19)25-9-11(2)3)18-27-13-8-12(20(21,22)23)10-26-16(13)29(18)4/h6-8,10-11,25H,5,9H2,1-4H3. The van der Waals surface area contributed by atoms with Gasteiger partial charge in [0.1, 0.15) is 22.7 Å². The number of hydrogen-bond acceptors (Lipinski definition) is 7. The summed E-state index contributed by atoms with van der Waals surface area (Å²) in [4.78, 5) is 12.5. The molecule has 0 spiro atoms. The van der Waals surface area contributed by atoms with E-state index in [1.807, 2.05) is 13.8 Å². The summed E-state index contributed by atoms with van der Waals surface area (Å²) in [7, 11) is -2.27. The van der Waals surface area contributed by atoms with Crippen molar-refractivity contribution in [3.63, 3.8) is 0 Å². The number of sulfone groups is 1. The van der Waals surface area contributed by atoms with Gasteiger partial charge in [-0.2, -0.15) is 22.8 Å². The number of nitrogens with zero attached hydrogens (tertiary/aromatic N) is 6. The lowest BCUT2D eigenvalue weighted by Crippen LogP contribution is -2.12. The molecule has 0 atom stereocenters. The second-order valence-electron chi connectivity index (χ2n) is 7.98. The first-order valence-electron chi connectivity index (χ1n) is 10.2. The van der Waals surface area contributed by atoms with Crippen LogP contribution in [0.3, 0.4) is 0 Å². The number of fused-ring (bicyclic) bond motifs is 2. The van der Waals surface area contributed by atoms with Gasteiger partial charge in [-0.05, 0) is 18.1 Å². The summed E-state index contributed by atoms with van der Waals surface area (Å²) in [6.45, 7) is 6.14. The van der Waals surface area contributed by atoms with Crippen LogP contribution < -0.4 is 5.32 Å². The average Bonchev–Trinajstić information content (AvgIpc) is 3.30. The van der Waals surface area contributed by atoms with Crippen molar-refractivity contribution in [1.82, 2.24) is 29.1 Å². The Morgan fingerprint density at radius 1 is 1.18 bits per heavy atom. The molecule has 0 saturated heterocycles. The third kappa shape index (κ3) is 4.01. The van der Waals surface area contributed by atoms with Crippen LogP contribution in [0.4, 0.5) is 19.0 Å². The number of anilines is 1. The lowest BCUT2D eigenvalue weighted by atomic mass is 10.2. The highest BCUT2D eigenvalue weighted by Crippen LogP contribution is 2.35. The Morgan fingerprint density at radius 3 is 2.55 bits per heavy atom. The zero-order valence-electron chi connectivity index (χ0n) is 18.3. The Morgan fingerprint density at radius 2 is 1.91 bits per heavy atom. The van der Waals surface area contributed by atoms with Crippen LogP contribution in [-0.2, 0) is 23.1 Å². The summed E-state index contributed by atoms with van der Waals surface area (Å²) in [5.74, 6) is 0.728. The monoisotopic (exact) mass is 481 g/mol. The molecule has 4 aromatic heterocycles. The van der Waals surface area contributed by atoms with Crippen LogP contribution in [-0.4, -0.2) is 49.8 Å². The molecular formula is C20H22F3N7O2S. The van der Waals surface area contributed by atoms with Gasteiger partial charge in [-0.15, -0.1) is 0 Å². The minimum atomic E-state index is -4.58. The minimum Gasteiger partial charge on any atom is -0.370 e. The van der Waals surface area contributed by atoms with Crippen LogP contribution in [0.25, 0.3) is 28.2 Å². The fourth-order valence-electron chi connectivity index (χ4n) is 3.37. The van der Waals surface area contributed by atoms with Gasteiger partial charge >= 0.3 is 6.18 Å². The van der Waals surface area contributed by atoms with Crippen molar-refractivity contribution in [3.05, 3.63) is 30.1 Å². The fraction of sp³-hybridized carbons (Fsp3) is 0.400. The number of pyridine rings is 1. The Labute approximate surface area is 187 Å². The van der Waals surface area contributed by atoms with E-state index in [0.717, 1.165) is 12.3 Å². The molecule has 9 nitrogen and oxygen atoms in total. The Hall–Kier alpha value is -3.22. The predicted octanol–water partition coefficient (Wildman–Crippen LogP) is 3.56. The van der Waals surface area contributed by atoms with Crippen molar-refractivity contribution in [3.8, 4) is 11.4 Å². The number of halogens is 3. The smallest absolute Gasteiger partial charge is 0.370 e. The summed E-state index contributed by atoms with van der Waals surface area (Å²) in [5.41, 5.74) is -0.467. The van der Waals surface area contributed by atoms with Gasteiger partial charge in [-0.1, -0.05) is 20.8 Å². The van der Waals surface area contributed by atoms with Crippen LogP contribution in [0, 0.1) is 5.92 Å². The minimum absolute atomic E-state index is 0.0180. The Balaban J connectivity index is 2.02. The molecule has 0 radical (unpaired) electrons. The van der Waals surface area contributed by atoms with Crippen LogP contribution >= 0.6 is 0 Å². The van der Waals surface area contributed by atoms with Gasteiger partial charge in [0.05, 0.1) is 11.3 Å². The van der Waals surface area contributed by atoms with Gasteiger partial charge in [0.25, 0.3) is 0 Å². The van der Waals surface area contributed by atoms with E-state index in [9.17, 15) is 21.6 Å². The van der Waals surface area contributed by atoms with Gasteiger partial charge in [0.15, 0.2) is 26.2 Å². The predicted molar refractivity (Wildman–Crippen MR) is 117 cm³/mol. The van der Waals surface area contributed by atoms with E-state index >= 15 is 0 Å². The normalized spacial score (nSPS) is 12.8. The molecule has 0 fully saturated rings. The highest BCUT2D eigenvalue weighted by molar-refractivity contribution is 7.91. The fourth-order valence-corrected chi connectivity index (χ4v) is 4.35. The topological polar surface area (TPSA) is 107 Å². The number of rotatable bonds is 6. The number of imidazole rings is 1. The lowest BCUT2D eigenvalue weighted by molar-refractivity contribution is -0.137. The van der Waals surface area contributed by atoms with Gasteiger partial charge in [-0.25, -0.2) is 23.4 Å². The van der Waals surface area contributed by atoms with E-state index in [4.69, 9.17) is 0 Å². The summed E-state index contributed by atoms with van der Waals surface area (Å²) >= 11 is 0. The van der Waals surface area contributed by atoms with Crippen molar-refractivity contribution in [2.75, 3.05) is 17.6 Å². The number of hydrogen-bond donors (Lipinski definition) is 1. The summed E-state index contributed by atoms with van der Waals surface area (Å²) in [6.07, 6.45) is -2.35. The van der Waals surface area contributed by atoms with Gasteiger partial charge in [-0.3, -0.25) is 0 Å². The SMILES string of the molecule is CCS(=O)(=O)c1nn2c(NCC(C)C)ccnc2c1-c1nc2cc(C(F)(F)F)cnc2n1C. The zero-order chi connectivity index (χ0) is 24.1. The maximum Gasteiger partial charge on any atom is 0.417 e. The molecule has 0 aromatic carbocycles. The van der Waals surface area contributed by atoms with Crippen molar-refractivity contribution >= 4 is 32.5 Å². The summed E-state index contributed by atoms with van der Waals surface area (Å²) in [6, 6.07) is 2.55. The second-order valence-corrected chi connectivity index (χ2v) is 10.2. The second kappa shape index (κ2) is 7.97. The molecule has 0 amide bonds. The molecule has 0 bridgehead atoms. The van der Waals surface area contributed by atoms with E-state index in [-0.39, 0.29) is 39.0 Å². The molecule has 33 heavy (non-hydrogen) atoms. The Kier molecular flexibility index (Phi) is 5.55. The first kappa shape index (κ1) is 23.0. The molecule has 4 heterocycles. The Bertz CT molecular complexity index is 1460. The molecule has 0 unspecified atom stereocenters. The maximum atomic E-state index is 13.2. The molecule has 4 rings (SSSR count). The van der Waals surface area contributed by atoms with E-state index < -0.39 is 21.6 Å². The largest absolute Gasteiger partial charge is 0.417 e. The van der Waals surface area contributed by atoms with E-state index in [2.05, 4.69) is 25.4 Å². The lowest BCUT2D eigenvalue weighted by Gasteiger charge is -2.10. The molecule has 1 N–H and O–H groups in total. The van der Waals surface area contributed by atoms with Gasteiger partial charge < -0.3 is 9.88 Å². The molecule has 4 aromatic rings. The van der Waals surface area contributed by atoms with E-state index in [1.54, 1.807) is 13.1 Å². The van der Waals surface area contributed by atoms with Crippen LogP contribution in [0.1, 0.15) is 26.3 Å². The quantitative estimate of drug-likeness (QED) is 0.449. The average molecular weight is 482 g/mol. The number of aromatic nitrogens is 6. The number of alkyl halides is 3. The van der Waals surface area contributed by atoms with E-state index in [1.165, 1.54) is 22.2 Å². The zero-order valence-corrected chi connectivity index (χ0v) is 19.2. The number of aryl methyl sites for hydroxylation is 1. The molecule has 0 saturated carbocycles. The van der Waals surface area contributed by atoms with E-state index in [0.29, 0.717) is 18.3 Å². The molecular weight excluding hydrogens is 459 g/mol. The van der Waals surface area contributed by atoms with Crippen LogP contribution in [0.15, 0.2) is 29.6 Å². The van der Waals surface area contributed by atoms with Gasteiger partial charge in [0, 0.05) is 26.0 Å². The number of nitrogens with one attached hydrogen (secondary N) is 1. The van der Waals surface area contributed by atoms with Gasteiger partial charge in [0.2, 0.25) is 0 Å². The van der Waals surface area contributed by atoms with Crippen molar-refractivity contribution in [2.45, 2.75) is 32.0 Å². The highest BCUT2D eigenvalue weighted by atomic mass is 32.2. The third-order valence-electron chi connectivity index (χ3n) is 5.11. The first-order chi connectivity index (χ1) is 15.4. The molecule has 176 valence electrons. The van der Waals surface area contributed by atoms with Crippen molar-refractivity contribution in [1.29, 1.82) is 0 Å². The van der Waals surface area contributed by atoms with Crippen molar-refractivity contribution in [2.24, 2.45) is 13.0 Å². The summed E-state index contributed by atoms with van der Waals surface area (Å²) in [5, 5.41) is 7.30. The first-order valence-corrected chi connectivity index (χ1v) is 11.8. The molecule has 0 aliphatic carbocycles. The highest BCUT2D eigenvalue weighted by Gasteiger charge is 2.33. The molecule has 0 aliphatic rings. The molecule has 13 heteroatoms. The van der Waals surface area contributed by atoms with Crippen LogP contribution in [0.2, 0.25) is 0 Å². The van der Waals surface area contributed by atoms with Crippen LogP contribution in [0.5, 0.6) is 0 Å². The van der Waals surface area contributed by atoms with Crippen molar-refractivity contribution < 1.29 is 21.6 Å². The summed E-state index contributed by atoms with van der Waals surface area (Å²) < 4.78 is 68.2. The maximum absolute atomic E-state index is 13.2.